The smallest absolute Gasteiger partial charge is 0.364 e. The number of hydrogen-bond donors (Lipinski definition) is 0. The van der Waals surface area contributed by atoms with E-state index < -0.39 is 25.1 Å². The van der Waals surface area contributed by atoms with E-state index in [9.17, 15) is 17.6 Å². The highest BCUT2D eigenvalue weighted by Crippen LogP contribution is 2.26. The van der Waals surface area contributed by atoms with Crippen LogP contribution in [0.5, 0.6) is 0 Å². The third-order valence-corrected chi connectivity index (χ3v) is 2.64. The number of hydrogen-bond acceptors (Lipinski definition) is 2. The number of rotatable bonds is 3. The number of halogens is 4. The second kappa shape index (κ2) is 4.65. The van der Waals surface area contributed by atoms with E-state index in [2.05, 4.69) is 4.74 Å². The summed E-state index contributed by atoms with van der Waals surface area (Å²) in [4.78, 5) is 1.70. The van der Waals surface area contributed by atoms with Gasteiger partial charge in [-0.2, -0.15) is 13.2 Å². The Labute approximate surface area is 86.2 Å². The van der Waals surface area contributed by atoms with Crippen LogP contribution in [0.25, 0.3) is 0 Å². The quantitative estimate of drug-likeness (QED) is 0.686. The SMILES string of the molecule is CCC1C(F)C(OCC(F)(F)F)CN1C. The zero-order valence-corrected chi connectivity index (χ0v) is 8.72. The number of likely N-dealkylation sites (tertiary alicyclic amines) is 1. The van der Waals surface area contributed by atoms with Gasteiger partial charge in [0.1, 0.15) is 18.9 Å². The maximum atomic E-state index is 13.5. The maximum Gasteiger partial charge on any atom is 0.411 e. The predicted molar refractivity (Wildman–Crippen MR) is 47.4 cm³/mol. The fourth-order valence-electron chi connectivity index (χ4n) is 1.89. The molecule has 1 fully saturated rings. The Bertz CT molecular complexity index is 209. The molecule has 0 saturated carbocycles. The molecule has 1 rings (SSSR count). The number of likely N-dealkylation sites (N-methyl/N-ethyl adjacent to an activating group) is 1. The summed E-state index contributed by atoms with van der Waals surface area (Å²) in [5, 5.41) is 0. The molecule has 2 nitrogen and oxygen atoms in total. The zero-order valence-electron chi connectivity index (χ0n) is 8.72. The summed E-state index contributed by atoms with van der Waals surface area (Å²) in [5.74, 6) is 0. The van der Waals surface area contributed by atoms with E-state index in [1.165, 1.54) is 0 Å². The topological polar surface area (TPSA) is 12.5 Å². The van der Waals surface area contributed by atoms with Crippen molar-refractivity contribution in [3.8, 4) is 0 Å². The van der Waals surface area contributed by atoms with Gasteiger partial charge in [0, 0.05) is 12.6 Å². The van der Waals surface area contributed by atoms with Crippen molar-refractivity contribution in [1.82, 2.24) is 4.90 Å². The molecule has 0 aromatic carbocycles. The fraction of sp³-hybridized carbons (Fsp3) is 1.00. The van der Waals surface area contributed by atoms with Gasteiger partial charge in [0.05, 0.1) is 0 Å². The Balaban J connectivity index is 2.45. The first-order chi connectivity index (χ1) is 6.85. The Kier molecular flexibility index (Phi) is 3.94. The van der Waals surface area contributed by atoms with Crippen LogP contribution in [0.2, 0.25) is 0 Å². The van der Waals surface area contributed by atoms with Gasteiger partial charge in [-0.25, -0.2) is 4.39 Å². The molecule has 1 saturated heterocycles. The Morgan fingerprint density at radius 1 is 1.40 bits per heavy atom. The minimum absolute atomic E-state index is 0.218. The number of nitrogens with zero attached hydrogens (tertiary/aromatic N) is 1. The van der Waals surface area contributed by atoms with Crippen LogP contribution in [0, 0.1) is 0 Å². The first-order valence-corrected chi connectivity index (χ1v) is 4.88. The van der Waals surface area contributed by atoms with Crippen LogP contribution in [0.15, 0.2) is 0 Å². The van der Waals surface area contributed by atoms with E-state index in [1.54, 1.807) is 18.9 Å². The van der Waals surface area contributed by atoms with E-state index in [0.717, 1.165) is 0 Å². The van der Waals surface area contributed by atoms with Gasteiger partial charge in [0.15, 0.2) is 0 Å². The van der Waals surface area contributed by atoms with Crippen molar-refractivity contribution in [2.45, 2.75) is 37.8 Å². The molecule has 1 aliphatic rings. The molecular formula is C9H15F4NO. The molecule has 0 N–H and O–H groups in total. The molecule has 0 bridgehead atoms. The van der Waals surface area contributed by atoms with Gasteiger partial charge in [0.25, 0.3) is 0 Å². The molecule has 0 radical (unpaired) electrons. The standard InChI is InChI=1S/C9H15F4NO/c1-3-6-8(10)7(4-14(6)2)15-5-9(11,12)13/h6-8H,3-5H2,1-2H3. The van der Waals surface area contributed by atoms with Crippen molar-refractivity contribution in [3.63, 3.8) is 0 Å². The number of ether oxygens (including phenoxy) is 1. The lowest BCUT2D eigenvalue weighted by Gasteiger charge is -2.18. The summed E-state index contributed by atoms with van der Waals surface area (Å²) in [5.41, 5.74) is 0. The van der Waals surface area contributed by atoms with Crippen LogP contribution in [0.3, 0.4) is 0 Å². The van der Waals surface area contributed by atoms with E-state index >= 15 is 0 Å². The van der Waals surface area contributed by atoms with Crippen molar-refractivity contribution >= 4 is 0 Å². The molecule has 0 aromatic rings. The molecule has 90 valence electrons. The maximum absolute atomic E-state index is 13.5. The first-order valence-electron chi connectivity index (χ1n) is 4.88. The van der Waals surface area contributed by atoms with Gasteiger partial charge in [0.2, 0.25) is 0 Å². The van der Waals surface area contributed by atoms with E-state index in [-0.39, 0.29) is 12.6 Å². The highest BCUT2D eigenvalue weighted by atomic mass is 19.4. The van der Waals surface area contributed by atoms with Crippen LogP contribution >= 0.6 is 0 Å². The average Bonchev–Trinajstić information content (AvgIpc) is 2.37. The van der Waals surface area contributed by atoms with Crippen molar-refractivity contribution < 1.29 is 22.3 Å². The highest BCUT2D eigenvalue weighted by molar-refractivity contribution is 4.92. The normalized spacial score (nSPS) is 33.6. The third kappa shape index (κ3) is 3.31. The van der Waals surface area contributed by atoms with Crippen LogP contribution in [-0.2, 0) is 4.74 Å². The van der Waals surface area contributed by atoms with Gasteiger partial charge in [-0.15, -0.1) is 0 Å². The minimum atomic E-state index is -4.39. The van der Waals surface area contributed by atoms with Crippen molar-refractivity contribution in [2.75, 3.05) is 20.2 Å². The Hall–Kier alpha value is -0.360. The molecule has 6 heteroatoms. The lowest BCUT2D eigenvalue weighted by atomic mass is 10.1. The van der Waals surface area contributed by atoms with Crippen LogP contribution < -0.4 is 0 Å². The van der Waals surface area contributed by atoms with Crippen molar-refractivity contribution in [2.24, 2.45) is 0 Å². The van der Waals surface area contributed by atoms with Gasteiger partial charge < -0.3 is 4.74 Å². The van der Waals surface area contributed by atoms with Crippen molar-refractivity contribution in [1.29, 1.82) is 0 Å². The molecule has 3 atom stereocenters. The summed E-state index contributed by atoms with van der Waals surface area (Å²) in [6, 6.07) is -0.330. The van der Waals surface area contributed by atoms with Crippen LogP contribution in [-0.4, -0.2) is 49.6 Å². The van der Waals surface area contributed by atoms with Crippen LogP contribution in [0.1, 0.15) is 13.3 Å². The summed E-state index contributed by atoms with van der Waals surface area (Å²) < 4.78 is 53.6. The van der Waals surface area contributed by atoms with Gasteiger partial charge in [-0.05, 0) is 13.5 Å². The third-order valence-electron chi connectivity index (χ3n) is 2.64. The summed E-state index contributed by atoms with van der Waals surface area (Å²) >= 11 is 0. The van der Waals surface area contributed by atoms with E-state index in [1.807, 2.05) is 0 Å². The molecular weight excluding hydrogens is 214 g/mol. The highest BCUT2D eigenvalue weighted by Gasteiger charge is 2.41. The predicted octanol–water partition coefficient (Wildman–Crippen LogP) is 2.00. The molecule has 0 aromatic heterocycles. The summed E-state index contributed by atoms with van der Waals surface area (Å²) in [6.07, 6.45) is -6.10. The van der Waals surface area contributed by atoms with Gasteiger partial charge in [-0.1, -0.05) is 6.92 Å². The second-order valence-electron chi connectivity index (χ2n) is 3.82. The Morgan fingerprint density at radius 2 is 2.00 bits per heavy atom. The minimum Gasteiger partial charge on any atom is -0.364 e. The number of alkyl halides is 4. The molecule has 1 aliphatic heterocycles. The average molecular weight is 229 g/mol. The zero-order chi connectivity index (χ0) is 11.6. The molecule has 0 aliphatic carbocycles. The molecule has 1 heterocycles. The summed E-state index contributed by atoms with van der Waals surface area (Å²) in [6.45, 7) is 0.651. The molecule has 3 unspecified atom stereocenters. The second-order valence-corrected chi connectivity index (χ2v) is 3.82. The van der Waals surface area contributed by atoms with Crippen molar-refractivity contribution in [3.05, 3.63) is 0 Å². The van der Waals surface area contributed by atoms with Crippen LogP contribution in [0.4, 0.5) is 17.6 Å². The van der Waals surface area contributed by atoms with Gasteiger partial charge >= 0.3 is 6.18 Å². The molecule has 0 amide bonds. The molecule has 15 heavy (non-hydrogen) atoms. The Morgan fingerprint density at radius 3 is 2.40 bits per heavy atom. The monoisotopic (exact) mass is 229 g/mol. The van der Waals surface area contributed by atoms with E-state index in [0.29, 0.717) is 6.42 Å². The lowest BCUT2D eigenvalue weighted by molar-refractivity contribution is -0.188. The van der Waals surface area contributed by atoms with Gasteiger partial charge in [-0.3, -0.25) is 4.90 Å². The largest absolute Gasteiger partial charge is 0.411 e. The lowest BCUT2D eigenvalue weighted by Crippen LogP contribution is -2.32. The van der Waals surface area contributed by atoms with E-state index in [4.69, 9.17) is 0 Å². The fourth-order valence-corrected chi connectivity index (χ4v) is 1.89. The summed E-state index contributed by atoms with van der Waals surface area (Å²) in [7, 11) is 1.69. The molecule has 0 spiro atoms. The first kappa shape index (κ1) is 12.7.